The molecule has 0 radical (unpaired) electrons. The molecule has 0 aliphatic heterocycles. The standard InChI is InChI=1S/C15H14FN3O3/c16-9-3-1-8(2-4-9)13-18-19-14(22-13)12(21)17-11-7-15(11)5-10(20)6-15/h1-4,10-11,20H,5-7H2,(H,17,21). The van der Waals surface area contributed by atoms with Crippen molar-refractivity contribution in [1.82, 2.24) is 15.5 Å². The van der Waals surface area contributed by atoms with E-state index in [1.807, 2.05) is 0 Å². The van der Waals surface area contributed by atoms with Gasteiger partial charge in [0.25, 0.3) is 0 Å². The van der Waals surface area contributed by atoms with Gasteiger partial charge in [-0.25, -0.2) is 4.39 Å². The van der Waals surface area contributed by atoms with Crippen LogP contribution >= 0.6 is 0 Å². The van der Waals surface area contributed by atoms with Gasteiger partial charge in [0.1, 0.15) is 5.82 Å². The summed E-state index contributed by atoms with van der Waals surface area (Å²) in [7, 11) is 0. The Morgan fingerprint density at radius 2 is 2.00 bits per heavy atom. The zero-order valence-corrected chi connectivity index (χ0v) is 11.6. The first-order chi connectivity index (χ1) is 10.6. The Bertz CT molecular complexity index is 722. The first-order valence-electron chi connectivity index (χ1n) is 7.14. The highest BCUT2D eigenvalue weighted by Gasteiger charge is 2.62. The van der Waals surface area contributed by atoms with Crippen molar-refractivity contribution in [3.63, 3.8) is 0 Å². The van der Waals surface area contributed by atoms with Crippen molar-refractivity contribution in [2.45, 2.75) is 31.4 Å². The number of nitrogens with zero attached hydrogens (tertiary/aromatic N) is 2. The number of carbonyl (C=O) groups excluding carboxylic acids is 1. The van der Waals surface area contributed by atoms with E-state index in [-0.39, 0.29) is 35.2 Å². The first kappa shape index (κ1) is 13.4. The zero-order valence-electron chi connectivity index (χ0n) is 11.6. The Morgan fingerprint density at radius 3 is 2.68 bits per heavy atom. The fourth-order valence-corrected chi connectivity index (χ4v) is 3.13. The van der Waals surface area contributed by atoms with E-state index in [9.17, 15) is 14.3 Å². The van der Waals surface area contributed by atoms with Crippen LogP contribution in [0.3, 0.4) is 0 Å². The number of carbonyl (C=O) groups is 1. The Morgan fingerprint density at radius 1 is 1.27 bits per heavy atom. The van der Waals surface area contributed by atoms with Crippen molar-refractivity contribution in [3.05, 3.63) is 36.0 Å². The zero-order chi connectivity index (χ0) is 15.3. The molecule has 114 valence electrons. The van der Waals surface area contributed by atoms with Crippen molar-refractivity contribution in [3.8, 4) is 11.5 Å². The van der Waals surface area contributed by atoms with E-state index in [4.69, 9.17) is 4.42 Å². The van der Waals surface area contributed by atoms with Crippen molar-refractivity contribution in [2.24, 2.45) is 5.41 Å². The Balaban J connectivity index is 1.43. The summed E-state index contributed by atoms with van der Waals surface area (Å²) in [4.78, 5) is 12.1. The number of aliphatic hydroxyl groups excluding tert-OH is 1. The predicted octanol–water partition coefficient (Wildman–Crippen LogP) is 1.52. The Labute approximate surface area is 125 Å². The monoisotopic (exact) mass is 303 g/mol. The lowest BCUT2D eigenvalue weighted by Gasteiger charge is -2.32. The van der Waals surface area contributed by atoms with Gasteiger partial charge in [0, 0.05) is 11.6 Å². The summed E-state index contributed by atoms with van der Waals surface area (Å²) in [6.45, 7) is 0. The molecule has 2 aliphatic rings. The number of aliphatic hydroxyl groups is 1. The minimum absolute atomic E-state index is 0.0737. The van der Waals surface area contributed by atoms with Gasteiger partial charge in [-0.1, -0.05) is 0 Å². The van der Waals surface area contributed by atoms with Crippen LogP contribution in [0.15, 0.2) is 28.7 Å². The SMILES string of the molecule is O=C(NC1CC12CC(O)C2)c1nnc(-c2ccc(F)cc2)o1. The fourth-order valence-electron chi connectivity index (χ4n) is 3.13. The highest BCUT2D eigenvalue weighted by Crippen LogP contribution is 2.60. The van der Waals surface area contributed by atoms with Crippen molar-refractivity contribution < 1.29 is 18.7 Å². The lowest BCUT2D eigenvalue weighted by molar-refractivity contribution is 0.0234. The Kier molecular flexibility index (Phi) is 2.80. The number of hydrogen-bond acceptors (Lipinski definition) is 5. The third kappa shape index (κ3) is 2.18. The van der Waals surface area contributed by atoms with Gasteiger partial charge < -0.3 is 14.8 Å². The molecule has 1 aromatic carbocycles. The van der Waals surface area contributed by atoms with E-state index in [2.05, 4.69) is 15.5 Å². The van der Waals surface area contributed by atoms with Crippen molar-refractivity contribution >= 4 is 5.91 Å². The van der Waals surface area contributed by atoms with Crippen LogP contribution < -0.4 is 5.32 Å². The largest absolute Gasteiger partial charge is 0.412 e. The Hall–Kier alpha value is -2.28. The fraction of sp³-hybridized carbons (Fsp3) is 0.400. The average Bonchev–Trinajstić information content (AvgIpc) is 2.96. The molecule has 0 bridgehead atoms. The minimum Gasteiger partial charge on any atom is -0.412 e. The molecule has 22 heavy (non-hydrogen) atoms. The van der Waals surface area contributed by atoms with Crippen molar-refractivity contribution in [2.75, 3.05) is 0 Å². The molecule has 2 saturated carbocycles. The lowest BCUT2D eigenvalue weighted by atomic mass is 9.78. The van der Waals surface area contributed by atoms with Crippen LogP contribution in [0.25, 0.3) is 11.5 Å². The van der Waals surface area contributed by atoms with Gasteiger partial charge in [0.2, 0.25) is 5.89 Å². The van der Waals surface area contributed by atoms with Gasteiger partial charge in [-0.2, -0.15) is 0 Å². The molecule has 1 atom stereocenters. The summed E-state index contributed by atoms with van der Waals surface area (Å²) < 4.78 is 18.2. The summed E-state index contributed by atoms with van der Waals surface area (Å²) in [6.07, 6.45) is 2.12. The van der Waals surface area contributed by atoms with E-state index in [0.717, 1.165) is 19.3 Å². The normalized spacial score (nSPS) is 29.2. The highest BCUT2D eigenvalue weighted by atomic mass is 19.1. The van der Waals surface area contributed by atoms with E-state index in [1.165, 1.54) is 24.3 Å². The molecular weight excluding hydrogens is 289 g/mol. The van der Waals surface area contributed by atoms with E-state index >= 15 is 0 Å². The molecule has 2 N–H and O–H groups in total. The van der Waals surface area contributed by atoms with Gasteiger partial charge in [0.15, 0.2) is 0 Å². The first-order valence-corrected chi connectivity index (χ1v) is 7.14. The van der Waals surface area contributed by atoms with Crippen LogP contribution in [0.2, 0.25) is 0 Å². The molecule has 0 saturated heterocycles. The van der Waals surface area contributed by atoms with Crippen LogP contribution in [-0.2, 0) is 0 Å². The van der Waals surface area contributed by atoms with Crippen molar-refractivity contribution in [1.29, 1.82) is 0 Å². The molecular formula is C15H14FN3O3. The van der Waals surface area contributed by atoms with E-state index < -0.39 is 5.91 Å². The molecule has 4 rings (SSSR count). The second-order valence-corrected chi connectivity index (χ2v) is 6.07. The van der Waals surface area contributed by atoms with Crippen LogP contribution in [0.1, 0.15) is 29.9 Å². The molecule has 1 unspecified atom stereocenters. The van der Waals surface area contributed by atoms with Gasteiger partial charge >= 0.3 is 11.8 Å². The average molecular weight is 303 g/mol. The summed E-state index contributed by atoms with van der Waals surface area (Å²) in [5, 5.41) is 19.8. The maximum atomic E-state index is 12.9. The third-order valence-electron chi connectivity index (χ3n) is 4.49. The molecule has 2 fully saturated rings. The number of hydrogen-bond donors (Lipinski definition) is 2. The van der Waals surface area contributed by atoms with Gasteiger partial charge in [-0.15, -0.1) is 10.2 Å². The molecule has 6 nitrogen and oxygen atoms in total. The minimum atomic E-state index is -0.413. The summed E-state index contributed by atoms with van der Waals surface area (Å²) in [5.41, 5.74) is 0.632. The number of benzene rings is 1. The topological polar surface area (TPSA) is 88.2 Å². The molecule has 1 heterocycles. The maximum absolute atomic E-state index is 12.9. The van der Waals surface area contributed by atoms with Crippen LogP contribution in [-0.4, -0.2) is 33.4 Å². The second kappa shape index (κ2) is 4.61. The second-order valence-electron chi connectivity index (χ2n) is 6.07. The molecule has 7 heteroatoms. The lowest BCUT2D eigenvalue weighted by Crippen LogP contribution is -2.38. The van der Waals surface area contributed by atoms with Gasteiger partial charge in [-0.05, 0) is 48.9 Å². The number of aromatic nitrogens is 2. The van der Waals surface area contributed by atoms with Crippen LogP contribution in [0.4, 0.5) is 4.39 Å². The number of amides is 1. The summed E-state index contributed by atoms with van der Waals surface area (Å²) in [6, 6.07) is 5.67. The van der Waals surface area contributed by atoms with E-state index in [0.29, 0.717) is 5.56 Å². The van der Waals surface area contributed by atoms with Gasteiger partial charge in [-0.3, -0.25) is 4.79 Å². The number of nitrogens with one attached hydrogen (secondary N) is 1. The molecule has 1 amide bonds. The number of halogens is 1. The molecule has 2 aliphatic carbocycles. The summed E-state index contributed by atoms with van der Waals surface area (Å²) >= 11 is 0. The van der Waals surface area contributed by atoms with Gasteiger partial charge in [0.05, 0.1) is 6.10 Å². The summed E-state index contributed by atoms with van der Waals surface area (Å²) in [5.74, 6) is -0.706. The smallest absolute Gasteiger partial charge is 0.309 e. The third-order valence-corrected chi connectivity index (χ3v) is 4.49. The molecule has 1 spiro atoms. The number of rotatable bonds is 3. The maximum Gasteiger partial charge on any atom is 0.309 e. The predicted molar refractivity (Wildman–Crippen MR) is 73.2 cm³/mol. The molecule has 1 aromatic heterocycles. The van der Waals surface area contributed by atoms with E-state index in [1.54, 1.807) is 0 Å². The molecule has 2 aromatic rings. The highest BCUT2D eigenvalue weighted by molar-refractivity contribution is 5.90. The van der Waals surface area contributed by atoms with Crippen LogP contribution in [0, 0.1) is 11.2 Å². The quantitative estimate of drug-likeness (QED) is 0.897. The van der Waals surface area contributed by atoms with Crippen LogP contribution in [0.5, 0.6) is 0 Å².